The zero-order valence-electron chi connectivity index (χ0n) is 14.3. The van der Waals surface area contributed by atoms with Crippen LogP contribution in [0.3, 0.4) is 0 Å². The number of imidazole rings is 1. The van der Waals surface area contributed by atoms with Crippen LogP contribution in [0.1, 0.15) is 42.5 Å². The van der Waals surface area contributed by atoms with Crippen molar-refractivity contribution in [3.63, 3.8) is 0 Å². The van der Waals surface area contributed by atoms with Crippen LogP contribution in [-0.2, 0) is 6.54 Å². The van der Waals surface area contributed by atoms with Gasteiger partial charge in [0.25, 0.3) is 0 Å². The van der Waals surface area contributed by atoms with Gasteiger partial charge in [-0.25, -0.2) is 15.0 Å². The Morgan fingerprint density at radius 1 is 1.13 bits per heavy atom. The molecule has 3 rings (SSSR count). The highest BCUT2D eigenvalue weighted by molar-refractivity contribution is 5.83. The lowest BCUT2D eigenvalue weighted by atomic mass is 10.1. The Morgan fingerprint density at radius 2 is 1.91 bits per heavy atom. The van der Waals surface area contributed by atoms with Crippen LogP contribution in [0.2, 0.25) is 0 Å². The van der Waals surface area contributed by atoms with Crippen molar-refractivity contribution in [2.24, 2.45) is 0 Å². The summed E-state index contributed by atoms with van der Waals surface area (Å²) in [6.07, 6.45) is 3.74. The maximum absolute atomic E-state index is 4.54. The number of hydrogen-bond donors (Lipinski definition) is 1. The van der Waals surface area contributed by atoms with Crippen molar-refractivity contribution in [1.82, 2.24) is 24.5 Å². The van der Waals surface area contributed by atoms with Crippen LogP contribution in [0.4, 0.5) is 5.82 Å². The van der Waals surface area contributed by atoms with E-state index < -0.39 is 0 Å². The number of nitrogens with zero attached hydrogens (tertiary/aromatic N) is 5. The summed E-state index contributed by atoms with van der Waals surface area (Å²) in [6.45, 7) is 10.9. The lowest BCUT2D eigenvalue weighted by Crippen LogP contribution is -2.07. The first kappa shape index (κ1) is 15.4. The second-order valence-corrected chi connectivity index (χ2v) is 6.14. The number of fused-ring (bicyclic) bond motifs is 1. The fourth-order valence-corrected chi connectivity index (χ4v) is 2.62. The van der Waals surface area contributed by atoms with E-state index in [1.807, 2.05) is 26.4 Å². The van der Waals surface area contributed by atoms with E-state index in [0.29, 0.717) is 12.6 Å². The maximum atomic E-state index is 4.54. The first-order valence-electron chi connectivity index (χ1n) is 7.83. The van der Waals surface area contributed by atoms with E-state index in [0.717, 1.165) is 34.1 Å². The van der Waals surface area contributed by atoms with Crippen molar-refractivity contribution in [3.05, 3.63) is 41.2 Å². The van der Waals surface area contributed by atoms with E-state index >= 15 is 0 Å². The summed E-state index contributed by atoms with van der Waals surface area (Å²) in [5.74, 6) is 1.51. The molecule has 3 aromatic heterocycles. The van der Waals surface area contributed by atoms with Crippen molar-refractivity contribution in [3.8, 4) is 0 Å². The van der Waals surface area contributed by atoms with Gasteiger partial charge >= 0.3 is 0 Å². The molecule has 0 unspecified atom stereocenters. The molecule has 1 N–H and O–H groups in total. The van der Waals surface area contributed by atoms with Gasteiger partial charge in [0.2, 0.25) is 0 Å². The molecule has 0 radical (unpaired) electrons. The predicted octanol–water partition coefficient (Wildman–Crippen LogP) is 3.34. The Bertz CT molecular complexity index is 850. The van der Waals surface area contributed by atoms with Crippen LogP contribution in [0.25, 0.3) is 11.2 Å². The molecule has 0 atom stereocenters. The molecule has 0 bridgehead atoms. The number of pyridine rings is 1. The normalized spacial score (nSPS) is 11.4. The SMILES string of the molecule is Cc1cc(C)c(CNc2nc(C)nc3c2ncn3C(C)C)cn1. The summed E-state index contributed by atoms with van der Waals surface area (Å²) in [4.78, 5) is 17.9. The maximum Gasteiger partial charge on any atom is 0.165 e. The molecule has 0 aliphatic carbocycles. The van der Waals surface area contributed by atoms with E-state index in [9.17, 15) is 0 Å². The van der Waals surface area contributed by atoms with Gasteiger partial charge in [0.05, 0.1) is 6.33 Å². The molecule has 23 heavy (non-hydrogen) atoms. The quantitative estimate of drug-likeness (QED) is 0.800. The Balaban J connectivity index is 1.93. The third-order valence-corrected chi connectivity index (χ3v) is 3.89. The average molecular weight is 310 g/mol. The minimum absolute atomic E-state index is 0.311. The van der Waals surface area contributed by atoms with Crippen LogP contribution < -0.4 is 5.32 Å². The highest BCUT2D eigenvalue weighted by Crippen LogP contribution is 2.22. The Kier molecular flexibility index (Phi) is 3.98. The first-order chi connectivity index (χ1) is 11.0. The van der Waals surface area contributed by atoms with Gasteiger partial charge in [-0.2, -0.15) is 0 Å². The van der Waals surface area contributed by atoms with Crippen LogP contribution >= 0.6 is 0 Å². The van der Waals surface area contributed by atoms with Gasteiger partial charge in [-0.05, 0) is 51.8 Å². The van der Waals surface area contributed by atoms with Gasteiger partial charge in [0.15, 0.2) is 11.5 Å². The number of rotatable bonds is 4. The zero-order chi connectivity index (χ0) is 16.6. The second-order valence-electron chi connectivity index (χ2n) is 6.14. The summed E-state index contributed by atoms with van der Waals surface area (Å²) < 4.78 is 2.06. The third kappa shape index (κ3) is 3.02. The molecule has 0 saturated heterocycles. The predicted molar refractivity (Wildman–Crippen MR) is 91.5 cm³/mol. The fraction of sp³-hybridized carbons (Fsp3) is 0.412. The smallest absolute Gasteiger partial charge is 0.165 e. The van der Waals surface area contributed by atoms with Crippen molar-refractivity contribution in [2.75, 3.05) is 5.32 Å². The van der Waals surface area contributed by atoms with Gasteiger partial charge in [0, 0.05) is 24.5 Å². The lowest BCUT2D eigenvalue weighted by Gasteiger charge is -2.11. The van der Waals surface area contributed by atoms with Gasteiger partial charge < -0.3 is 9.88 Å². The number of anilines is 1. The van der Waals surface area contributed by atoms with E-state index in [2.05, 4.69) is 56.7 Å². The standard InChI is InChI=1S/C17H22N6/c1-10(2)23-9-20-15-16(21-13(5)22-17(15)23)19-8-14-7-18-12(4)6-11(14)3/h6-7,9-10H,8H2,1-5H3,(H,19,21,22). The van der Waals surface area contributed by atoms with Crippen molar-refractivity contribution in [1.29, 1.82) is 0 Å². The van der Waals surface area contributed by atoms with Gasteiger partial charge in [-0.3, -0.25) is 4.98 Å². The van der Waals surface area contributed by atoms with Crippen molar-refractivity contribution in [2.45, 2.75) is 47.2 Å². The highest BCUT2D eigenvalue weighted by atomic mass is 15.2. The summed E-state index contributed by atoms with van der Waals surface area (Å²) in [5, 5.41) is 3.39. The second kappa shape index (κ2) is 5.95. The van der Waals surface area contributed by atoms with Gasteiger partial charge in [-0.15, -0.1) is 0 Å². The Labute approximate surface area is 136 Å². The number of hydrogen-bond acceptors (Lipinski definition) is 5. The van der Waals surface area contributed by atoms with Crippen LogP contribution in [0.5, 0.6) is 0 Å². The molecule has 0 spiro atoms. The lowest BCUT2D eigenvalue weighted by molar-refractivity contribution is 0.612. The number of aromatic nitrogens is 5. The summed E-state index contributed by atoms with van der Waals surface area (Å²) in [5.41, 5.74) is 5.08. The summed E-state index contributed by atoms with van der Waals surface area (Å²) >= 11 is 0. The van der Waals surface area contributed by atoms with Crippen LogP contribution in [0, 0.1) is 20.8 Å². The Morgan fingerprint density at radius 3 is 2.61 bits per heavy atom. The van der Waals surface area contributed by atoms with Crippen LogP contribution in [0.15, 0.2) is 18.6 Å². The Hall–Kier alpha value is -2.50. The van der Waals surface area contributed by atoms with E-state index in [-0.39, 0.29) is 0 Å². The zero-order valence-corrected chi connectivity index (χ0v) is 14.3. The van der Waals surface area contributed by atoms with E-state index in [4.69, 9.17) is 0 Å². The third-order valence-electron chi connectivity index (χ3n) is 3.89. The molecule has 120 valence electrons. The number of nitrogens with one attached hydrogen (secondary N) is 1. The van der Waals surface area contributed by atoms with Crippen LogP contribution in [-0.4, -0.2) is 24.5 Å². The molecule has 0 aliphatic rings. The molecule has 3 aromatic rings. The highest BCUT2D eigenvalue weighted by Gasteiger charge is 2.13. The molecule has 0 amide bonds. The first-order valence-corrected chi connectivity index (χ1v) is 7.83. The monoisotopic (exact) mass is 310 g/mol. The molecule has 0 aromatic carbocycles. The fourth-order valence-electron chi connectivity index (χ4n) is 2.62. The van der Waals surface area contributed by atoms with Crippen molar-refractivity contribution >= 4 is 17.0 Å². The van der Waals surface area contributed by atoms with E-state index in [1.165, 1.54) is 5.56 Å². The minimum atomic E-state index is 0.311. The number of aryl methyl sites for hydroxylation is 3. The molecule has 0 saturated carbocycles. The molecular weight excluding hydrogens is 288 g/mol. The molecule has 3 heterocycles. The van der Waals surface area contributed by atoms with E-state index in [1.54, 1.807) is 0 Å². The van der Waals surface area contributed by atoms with Gasteiger partial charge in [0.1, 0.15) is 11.3 Å². The molecule has 6 nitrogen and oxygen atoms in total. The molecule has 0 fully saturated rings. The summed E-state index contributed by atoms with van der Waals surface area (Å²) in [6, 6.07) is 2.40. The largest absolute Gasteiger partial charge is 0.364 e. The topological polar surface area (TPSA) is 68.5 Å². The van der Waals surface area contributed by atoms with Crippen molar-refractivity contribution < 1.29 is 0 Å². The molecule has 0 aliphatic heterocycles. The summed E-state index contributed by atoms with van der Waals surface area (Å²) in [7, 11) is 0. The molecular formula is C17H22N6. The molecule has 6 heteroatoms. The average Bonchev–Trinajstić information content (AvgIpc) is 2.90. The van der Waals surface area contributed by atoms with Gasteiger partial charge in [-0.1, -0.05) is 0 Å². The minimum Gasteiger partial charge on any atom is -0.364 e.